The second-order valence-corrected chi connectivity index (χ2v) is 2.91. The second kappa shape index (κ2) is 5.90. The summed E-state index contributed by atoms with van der Waals surface area (Å²) in [6, 6.07) is 0. The Morgan fingerprint density at radius 3 is 2.73 bits per heavy atom. The first kappa shape index (κ1) is 11.4. The Labute approximate surface area is 86.4 Å². The van der Waals surface area contributed by atoms with E-state index in [4.69, 9.17) is 5.11 Å². The maximum Gasteiger partial charge on any atom is 0.356 e. The van der Waals surface area contributed by atoms with Crippen LogP contribution < -0.4 is 5.32 Å². The molecule has 0 amide bonds. The zero-order valence-corrected chi connectivity index (χ0v) is 8.11. The van der Waals surface area contributed by atoms with Crippen molar-refractivity contribution in [3.8, 4) is 0 Å². The van der Waals surface area contributed by atoms with Gasteiger partial charge in [0.15, 0.2) is 5.69 Å². The van der Waals surface area contributed by atoms with E-state index in [2.05, 4.69) is 15.3 Å². The summed E-state index contributed by atoms with van der Waals surface area (Å²) in [5.74, 6) is -0.606. The molecule has 6 heteroatoms. The number of alkyl halides is 1. The second-order valence-electron chi connectivity index (χ2n) is 2.91. The van der Waals surface area contributed by atoms with Gasteiger partial charge in [0.25, 0.3) is 0 Å². The van der Waals surface area contributed by atoms with E-state index in [0.29, 0.717) is 25.2 Å². The molecule has 0 aliphatic heterocycles. The number of halogens is 1. The summed E-state index contributed by atoms with van der Waals surface area (Å²) in [6.45, 7) is 0.274. The first-order valence-electron chi connectivity index (χ1n) is 4.59. The molecule has 0 aromatic carbocycles. The summed E-state index contributed by atoms with van der Waals surface area (Å²) >= 11 is 0. The minimum atomic E-state index is -1.11. The molecule has 0 saturated heterocycles. The highest BCUT2D eigenvalue weighted by Gasteiger charge is 2.03. The quantitative estimate of drug-likeness (QED) is 0.697. The molecule has 1 aromatic heterocycles. The monoisotopic (exact) mass is 213 g/mol. The first-order valence-corrected chi connectivity index (χ1v) is 4.59. The standard InChI is InChI=1S/C9H12FN3O2/c10-3-1-2-4-11-8-6-12-7(5-13-8)9(14)15/h5-6H,1-4H2,(H,11,13)(H,14,15). The summed E-state index contributed by atoms with van der Waals surface area (Å²) in [4.78, 5) is 18.0. The summed E-state index contributed by atoms with van der Waals surface area (Å²) in [5, 5.41) is 11.5. The van der Waals surface area contributed by atoms with Gasteiger partial charge in [-0.3, -0.25) is 4.39 Å². The van der Waals surface area contributed by atoms with Crippen LogP contribution in [-0.4, -0.2) is 34.3 Å². The molecule has 0 aliphatic rings. The van der Waals surface area contributed by atoms with Gasteiger partial charge in [0.1, 0.15) is 5.82 Å². The molecule has 0 saturated carbocycles. The van der Waals surface area contributed by atoms with Crippen molar-refractivity contribution in [2.45, 2.75) is 12.8 Å². The zero-order chi connectivity index (χ0) is 11.1. The molecular weight excluding hydrogens is 201 g/mol. The van der Waals surface area contributed by atoms with Crippen molar-refractivity contribution in [1.82, 2.24) is 9.97 Å². The first-order chi connectivity index (χ1) is 7.24. The van der Waals surface area contributed by atoms with Crippen LogP contribution in [-0.2, 0) is 0 Å². The van der Waals surface area contributed by atoms with Crippen molar-refractivity contribution in [3.63, 3.8) is 0 Å². The molecule has 5 nitrogen and oxygen atoms in total. The normalized spacial score (nSPS) is 9.93. The summed E-state index contributed by atoms with van der Waals surface area (Å²) in [6.07, 6.45) is 3.74. The molecule has 0 unspecified atom stereocenters. The van der Waals surface area contributed by atoms with Gasteiger partial charge in [-0.25, -0.2) is 14.8 Å². The number of anilines is 1. The molecule has 82 valence electrons. The Morgan fingerprint density at radius 1 is 1.40 bits per heavy atom. The van der Waals surface area contributed by atoms with E-state index < -0.39 is 5.97 Å². The molecule has 0 fully saturated rings. The lowest BCUT2D eigenvalue weighted by atomic mass is 10.3. The fourth-order valence-electron chi connectivity index (χ4n) is 0.966. The number of carboxylic acid groups (broad SMARTS) is 1. The van der Waals surface area contributed by atoms with Crippen LogP contribution in [0.3, 0.4) is 0 Å². The molecule has 0 bridgehead atoms. The Balaban J connectivity index is 2.39. The molecule has 15 heavy (non-hydrogen) atoms. The Kier molecular flexibility index (Phi) is 4.46. The van der Waals surface area contributed by atoms with Crippen LogP contribution in [0.5, 0.6) is 0 Å². The van der Waals surface area contributed by atoms with Crippen LogP contribution in [0.2, 0.25) is 0 Å². The number of rotatable bonds is 6. The molecule has 0 aliphatic carbocycles. The van der Waals surface area contributed by atoms with E-state index in [0.717, 1.165) is 0 Å². The van der Waals surface area contributed by atoms with Crippen molar-refractivity contribution in [1.29, 1.82) is 0 Å². The van der Waals surface area contributed by atoms with Gasteiger partial charge in [0, 0.05) is 6.54 Å². The third-order valence-corrected chi connectivity index (χ3v) is 1.74. The van der Waals surface area contributed by atoms with E-state index in [9.17, 15) is 9.18 Å². The highest BCUT2D eigenvalue weighted by molar-refractivity contribution is 5.84. The van der Waals surface area contributed by atoms with Crippen molar-refractivity contribution in [2.75, 3.05) is 18.5 Å². The fourth-order valence-corrected chi connectivity index (χ4v) is 0.966. The zero-order valence-electron chi connectivity index (χ0n) is 8.11. The topological polar surface area (TPSA) is 75.1 Å². The maximum atomic E-state index is 11.7. The van der Waals surface area contributed by atoms with Gasteiger partial charge in [-0.1, -0.05) is 0 Å². The van der Waals surface area contributed by atoms with Crippen LogP contribution in [0, 0.1) is 0 Å². The highest BCUT2D eigenvalue weighted by Crippen LogP contribution is 2.01. The SMILES string of the molecule is O=C(O)c1cnc(NCCCCF)cn1. The third-order valence-electron chi connectivity index (χ3n) is 1.74. The minimum absolute atomic E-state index is 0.0932. The average molecular weight is 213 g/mol. The number of hydrogen-bond acceptors (Lipinski definition) is 4. The van der Waals surface area contributed by atoms with Crippen LogP contribution >= 0.6 is 0 Å². The molecule has 0 spiro atoms. The van der Waals surface area contributed by atoms with Gasteiger partial charge in [0.05, 0.1) is 19.1 Å². The number of hydrogen-bond donors (Lipinski definition) is 2. The molecular formula is C9H12FN3O2. The molecule has 1 aromatic rings. The van der Waals surface area contributed by atoms with Crippen LogP contribution in [0.4, 0.5) is 10.2 Å². The lowest BCUT2D eigenvalue weighted by molar-refractivity contribution is 0.0690. The van der Waals surface area contributed by atoms with Crippen molar-refractivity contribution >= 4 is 11.8 Å². The lowest BCUT2D eigenvalue weighted by Gasteiger charge is -2.03. The fraction of sp³-hybridized carbons (Fsp3) is 0.444. The van der Waals surface area contributed by atoms with Crippen LogP contribution in [0.1, 0.15) is 23.3 Å². The smallest absolute Gasteiger partial charge is 0.356 e. The van der Waals surface area contributed by atoms with Crippen LogP contribution in [0.25, 0.3) is 0 Å². The van der Waals surface area contributed by atoms with Gasteiger partial charge in [-0.2, -0.15) is 0 Å². The van der Waals surface area contributed by atoms with Crippen molar-refractivity contribution in [3.05, 3.63) is 18.1 Å². The molecule has 1 rings (SSSR count). The van der Waals surface area contributed by atoms with Crippen LogP contribution in [0.15, 0.2) is 12.4 Å². The minimum Gasteiger partial charge on any atom is -0.476 e. The van der Waals surface area contributed by atoms with Crippen molar-refractivity contribution in [2.24, 2.45) is 0 Å². The van der Waals surface area contributed by atoms with E-state index in [1.54, 1.807) is 0 Å². The predicted octanol–water partition coefficient (Wildman–Crippen LogP) is 1.34. The van der Waals surface area contributed by atoms with E-state index in [1.165, 1.54) is 12.4 Å². The maximum absolute atomic E-state index is 11.7. The Morgan fingerprint density at radius 2 is 2.20 bits per heavy atom. The van der Waals surface area contributed by atoms with Gasteiger partial charge in [-0.15, -0.1) is 0 Å². The van der Waals surface area contributed by atoms with Gasteiger partial charge < -0.3 is 10.4 Å². The number of carbonyl (C=O) groups is 1. The number of aromatic nitrogens is 2. The largest absolute Gasteiger partial charge is 0.476 e. The molecule has 1 heterocycles. The number of unbranched alkanes of at least 4 members (excludes halogenated alkanes) is 1. The van der Waals surface area contributed by atoms with Gasteiger partial charge >= 0.3 is 5.97 Å². The Hall–Kier alpha value is -1.72. The number of carboxylic acids is 1. The predicted molar refractivity (Wildman–Crippen MR) is 52.7 cm³/mol. The molecule has 0 radical (unpaired) electrons. The third kappa shape index (κ3) is 3.88. The van der Waals surface area contributed by atoms with Gasteiger partial charge in [-0.05, 0) is 12.8 Å². The highest BCUT2D eigenvalue weighted by atomic mass is 19.1. The Bertz CT molecular complexity index is 316. The average Bonchev–Trinajstić information content (AvgIpc) is 2.25. The summed E-state index contributed by atoms with van der Waals surface area (Å²) in [7, 11) is 0. The summed E-state index contributed by atoms with van der Waals surface area (Å²) in [5.41, 5.74) is -0.0932. The van der Waals surface area contributed by atoms with Gasteiger partial charge in [0.2, 0.25) is 0 Å². The van der Waals surface area contributed by atoms with E-state index in [1.807, 2.05) is 0 Å². The molecule has 2 N–H and O–H groups in total. The van der Waals surface area contributed by atoms with E-state index in [-0.39, 0.29) is 12.4 Å². The summed E-state index contributed by atoms with van der Waals surface area (Å²) < 4.78 is 11.7. The lowest BCUT2D eigenvalue weighted by Crippen LogP contribution is -2.06. The number of nitrogens with one attached hydrogen (secondary N) is 1. The number of nitrogens with zero attached hydrogens (tertiary/aromatic N) is 2. The van der Waals surface area contributed by atoms with E-state index >= 15 is 0 Å². The number of aromatic carboxylic acids is 1. The van der Waals surface area contributed by atoms with Crippen molar-refractivity contribution < 1.29 is 14.3 Å². The molecule has 0 atom stereocenters.